The Morgan fingerprint density at radius 2 is 0.984 bits per heavy atom. The van der Waals surface area contributed by atoms with Crippen molar-refractivity contribution in [3.8, 4) is 91.2 Å². The van der Waals surface area contributed by atoms with Gasteiger partial charge in [-0.25, -0.2) is 15.0 Å². The van der Waals surface area contributed by atoms with Crippen molar-refractivity contribution >= 4 is 84.8 Å². The van der Waals surface area contributed by atoms with Crippen molar-refractivity contribution in [1.82, 2.24) is 19.5 Å². The summed E-state index contributed by atoms with van der Waals surface area (Å²) in [6, 6.07) is 46.0. The summed E-state index contributed by atoms with van der Waals surface area (Å²) < 4.78 is 4.45. The van der Waals surface area contributed by atoms with E-state index in [4.69, 9.17) is 15.0 Å². The van der Waals surface area contributed by atoms with Crippen LogP contribution in [0, 0.1) is 0 Å². The van der Waals surface area contributed by atoms with Gasteiger partial charge in [0.25, 0.3) is 0 Å². The molecule has 4 heterocycles. The summed E-state index contributed by atoms with van der Waals surface area (Å²) in [5.74, 6) is -3.92. The van der Waals surface area contributed by atoms with E-state index in [1.54, 1.807) is 17.4 Å². The Labute approximate surface area is 369 Å². The minimum absolute atomic E-state index is 0.0621. The van der Waals surface area contributed by atoms with Gasteiger partial charge in [0.15, 0.2) is 40.5 Å². The third kappa shape index (κ3) is 5.35. The van der Waals surface area contributed by atoms with Gasteiger partial charge in [-0.15, -0.1) is 22.7 Å². The Balaban J connectivity index is 1.03. The van der Waals surface area contributed by atoms with Crippen LogP contribution in [0.25, 0.3) is 113 Å². The zero-order chi connectivity index (χ0) is 43.5. The van der Waals surface area contributed by atoms with Gasteiger partial charge >= 0.3 is 0 Å². The number of para-hydroxylation sites is 1. The number of thiophene rings is 2. The molecule has 13 heteroatoms. The number of hydrogen-bond donors (Lipinski definition) is 7. The predicted octanol–water partition coefficient (Wildman–Crippen LogP) is 12.3. The molecular weight excluding hydrogens is 845 g/mol. The topological polar surface area (TPSA) is 185 Å². The van der Waals surface area contributed by atoms with E-state index in [0.717, 1.165) is 75.7 Å². The van der Waals surface area contributed by atoms with E-state index >= 15 is 0 Å². The smallest absolute Gasteiger partial charge is 0.205 e. The van der Waals surface area contributed by atoms with E-state index in [-0.39, 0.29) is 25.7 Å². The molecule has 0 fully saturated rings. The largest absolute Gasteiger partial charge is 0.504 e. The Hall–Kier alpha value is -8.39. The summed E-state index contributed by atoms with van der Waals surface area (Å²) in [4.78, 5) is 15.0. The molecular formula is C51H30N4O7S2. The molecule has 0 spiro atoms. The highest BCUT2D eigenvalue weighted by Gasteiger charge is 2.30. The average molecular weight is 875 g/mol. The minimum Gasteiger partial charge on any atom is -0.504 e. The van der Waals surface area contributed by atoms with Gasteiger partial charge in [-0.3, -0.25) is 0 Å². The van der Waals surface area contributed by atoms with Crippen molar-refractivity contribution in [1.29, 1.82) is 0 Å². The summed E-state index contributed by atoms with van der Waals surface area (Å²) in [6.07, 6.45) is 0. The number of rotatable bonds is 5. The first-order valence-corrected chi connectivity index (χ1v) is 21.6. The highest BCUT2D eigenvalue weighted by Crippen LogP contribution is 2.60. The van der Waals surface area contributed by atoms with Gasteiger partial charge in [0.2, 0.25) is 17.2 Å². The van der Waals surface area contributed by atoms with Gasteiger partial charge in [-0.1, -0.05) is 103 Å². The first kappa shape index (κ1) is 37.4. The molecule has 0 unspecified atom stereocenters. The highest BCUT2D eigenvalue weighted by atomic mass is 32.1. The molecule has 0 aliphatic rings. The second-order valence-electron chi connectivity index (χ2n) is 15.4. The maximum atomic E-state index is 11.4. The summed E-state index contributed by atoms with van der Waals surface area (Å²) >= 11 is 2.55. The van der Waals surface area contributed by atoms with E-state index < -0.39 is 40.2 Å². The summed E-state index contributed by atoms with van der Waals surface area (Å²) in [5.41, 5.74) is 5.96. The number of aromatic hydroxyl groups is 7. The lowest BCUT2D eigenvalue weighted by Crippen LogP contribution is -2.00. The lowest BCUT2D eigenvalue weighted by molar-refractivity contribution is 0.351. The van der Waals surface area contributed by atoms with E-state index in [1.165, 1.54) is 0 Å². The normalized spacial score (nSPS) is 11.9. The van der Waals surface area contributed by atoms with Crippen LogP contribution < -0.4 is 0 Å². The molecule has 0 amide bonds. The molecule has 64 heavy (non-hydrogen) atoms. The number of phenols is 7. The average Bonchev–Trinajstić information content (AvgIpc) is 4.02. The van der Waals surface area contributed by atoms with Gasteiger partial charge in [0.05, 0.1) is 31.2 Å². The molecule has 0 bridgehead atoms. The third-order valence-electron chi connectivity index (χ3n) is 11.8. The van der Waals surface area contributed by atoms with Gasteiger partial charge in [0.1, 0.15) is 0 Å². The van der Waals surface area contributed by atoms with Crippen LogP contribution >= 0.6 is 22.7 Å². The predicted molar refractivity (Wildman–Crippen MR) is 253 cm³/mol. The Kier molecular flexibility index (Phi) is 8.07. The highest BCUT2D eigenvalue weighted by molar-refractivity contribution is 7.27. The van der Waals surface area contributed by atoms with Gasteiger partial charge in [0, 0.05) is 58.9 Å². The lowest BCUT2D eigenvalue weighted by Gasteiger charge is -2.12. The minimum atomic E-state index is -0.987. The van der Waals surface area contributed by atoms with E-state index in [9.17, 15) is 35.7 Å². The Morgan fingerprint density at radius 1 is 0.375 bits per heavy atom. The maximum absolute atomic E-state index is 11.4. The molecule has 12 aromatic rings. The van der Waals surface area contributed by atoms with Crippen molar-refractivity contribution in [2.75, 3.05) is 0 Å². The molecule has 11 nitrogen and oxygen atoms in total. The molecule has 0 saturated heterocycles. The number of aromatic nitrogens is 4. The molecule has 0 aliphatic carbocycles. The van der Waals surface area contributed by atoms with Crippen LogP contribution in [0.1, 0.15) is 0 Å². The van der Waals surface area contributed by atoms with E-state index in [2.05, 4.69) is 34.9 Å². The van der Waals surface area contributed by atoms with Crippen LogP contribution in [0.3, 0.4) is 0 Å². The maximum Gasteiger partial charge on any atom is 0.205 e. The standard InChI is InChI=1S/C51H30N4O7S2/c56-40-36(47-38(41(57)43(40)59)39-42(58)44(60)45(61)46(62)48(39)64-47)26-18-21-33-31(22-26)28-14-7-8-16-32(28)55(33)27-19-20-29-35(23-27)63-34-17-9-15-30(37(29)34)51-53-49(24-10-3-1-4-11-24)52-50(54-51)25-12-5-2-6-13-25/h1-23,56-62H. The van der Waals surface area contributed by atoms with Gasteiger partial charge in [-0.05, 0) is 42.0 Å². The van der Waals surface area contributed by atoms with Crippen LogP contribution in [0.5, 0.6) is 40.2 Å². The number of fused-ring (bicyclic) bond motifs is 9. The second-order valence-corrected chi connectivity index (χ2v) is 17.5. The fourth-order valence-electron chi connectivity index (χ4n) is 8.88. The Morgan fingerprint density at radius 3 is 1.70 bits per heavy atom. The van der Waals surface area contributed by atoms with Crippen molar-refractivity contribution in [2.24, 2.45) is 0 Å². The molecule has 0 aliphatic heterocycles. The Bertz CT molecular complexity index is 3880. The molecule has 0 saturated carbocycles. The molecule has 4 aromatic heterocycles. The molecule has 7 N–H and O–H groups in total. The number of nitrogens with zero attached hydrogens (tertiary/aromatic N) is 4. The zero-order valence-electron chi connectivity index (χ0n) is 33.0. The monoisotopic (exact) mass is 874 g/mol. The summed E-state index contributed by atoms with van der Waals surface area (Å²) in [7, 11) is 0. The summed E-state index contributed by atoms with van der Waals surface area (Å²) in [6.45, 7) is 0. The van der Waals surface area contributed by atoms with Gasteiger partial charge in [-0.2, -0.15) is 0 Å². The fraction of sp³-hybridized carbons (Fsp3) is 0. The molecule has 8 aromatic carbocycles. The van der Waals surface area contributed by atoms with Crippen molar-refractivity contribution in [3.05, 3.63) is 140 Å². The van der Waals surface area contributed by atoms with Crippen LogP contribution in [0.15, 0.2) is 140 Å². The number of benzene rings is 8. The van der Waals surface area contributed by atoms with E-state index in [0.29, 0.717) is 23.0 Å². The quantitative estimate of drug-likeness (QED) is 0.0648. The van der Waals surface area contributed by atoms with Crippen molar-refractivity contribution < 1.29 is 35.7 Å². The number of hydrogen-bond acceptors (Lipinski definition) is 12. The molecule has 0 atom stereocenters. The summed E-state index contributed by atoms with van der Waals surface area (Å²) in [5, 5.41) is 79.3. The molecule has 308 valence electrons. The van der Waals surface area contributed by atoms with Crippen molar-refractivity contribution in [3.63, 3.8) is 0 Å². The van der Waals surface area contributed by atoms with Crippen molar-refractivity contribution in [2.45, 2.75) is 0 Å². The van der Waals surface area contributed by atoms with Gasteiger partial charge < -0.3 is 40.3 Å². The third-order valence-corrected chi connectivity index (χ3v) is 14.2. The van der Waals surface area contributed by atoms with E-state index in [1.807, 2.05) is 103 Å². The zero-order valence-corrected chi connectivity index (χ0v) is 34.6. The van der Waals surface area contributed by atoms with Crippen LogP contribution in [0.4, 0.5) is 0 Å². The fourth-order valence-corrected chi connectivity index (χ4v) is 11.4. The molecule has 12 rings (SSSR count). The van der Waals surface area contributed by atoms with Crippen LogP contribution in [-0.2, 0) is 0 Å². The van der Waals surface area contributed by atoms with Crippen LogP contribution in [-0.4, -0.2) is 55.3 Å². The first-order chi connectivity index (χ1) is 31.2. The lowest BCUT2D eigenvalue weighted by atomic mass is 9.98. The second kappa shape index (κ2) is 13.8. The molecule has 0 radical (unpaired) electrons. The first-order valence-electron chi connectivity index (χ1n) is 20.0. The number of phenolic OH excluding ortho intramolecular Hbond substituents is 7. The van der Waals surface area contributed by atoms with Crippen LogP contribution in [0.2, 0.25) is 0 Å². The SMILES string of the molecule is Oc1c(O)c(O)c2c(sc3c(-c4ccc5c(c4)c4ccccc4n5-c4ccc5c(c4)sc4cccc(-c6nc(-c7ccccc7)nc(-c7ccccc7)n6)c45)c(O)c(O)c(O)c32)c1O.